The molecule has 1 aliphatic heterocycles. The van der Waals surface area contributed by atoms with Gasteiger partial charge in [0.1, 0.15) is 5.82 Å². The fourth-order valence-electron chi connectivity index (χ4n) is 3.31. The number of aromatic nitrogens is 2. The molecule has 4 nitrogen and oxygen atoms in total. The minimum Gasteiger partial charge on any atom is -0.366 e. The first-order valence-electron chi connectivity index (χ1n) is 7.58. The number of anilines is 1. The fourth-order valence-corrected chi connectivity index (χ4v) is 3.31. The average Bonchev–Trinajstić information content (AvgIpc) is 2.92. The van der Waals surface area contributed by atoms with Crippen molar-refractivity contribution in [1.82, 2.24) is 14.9 Å². The zero-order valence-electron chi connectivity index (χ0n) is 11.8. The standard InChI is InChI=1S/C15H24N4/c1-19-8-4-5-12(11-19)14-9-17-15(10-16-14)18-13-6-2-3-7-13/h9-10,12-13H,2-8,11H2,1H3,(H,17,18). The van der Waals surface area contributed by atoms with E-state index in [1.165, 1.54) is 45.1 Å². The first kappa shape index (κ1) is 12.9. The van der Waals surface area contributed by atoms with Crippen LogP contribution in [0.1, 0.15) is 50.1 Å². The van der Waals surface area contributed by atoms with Gasteiger partial charge in [-0.3, -0.25) is 4.98 Å². The first-order chi connectivity index (χ1) is 9.31. The predicted molar refractivity (Wildman–Crippen MR) is 77.4 cm³/mol. The van der Waals surface area contributed by atoms with E-state index in [0.717, 1.165) is 18.1 Å². The normalized spacial score (nSPS) is 25.6. The minimum atomic E-state index is 0.562. The van der Waals surface area contributed by atoms with E-state index < -0.39 is 0 Å². The molecule has 3 rings (SSSR count). The third-order valence-corrected chi connectivity index (χ3v) is 4.42. The molecule has 1 aromatic heterocycles. The Balaban J connectivity index is 1.61. The summed E-state index contributed by atoms with van der Waals surface area (Å²) in [4.78, 5) is 11.6. The SMILES string of the molecule is CN1CCCC(c2cnc(NC3CCCC3)cn2)C1. The van der Waals surface area contributed by atoms with Crippen LogP contribution in [0, 0.1) is 0 Å². The van der Waals surface area contributed by atoms with Crippen molar-refractivity contribution < 1.29 is 0 Å². The lowest BCUT2D eigenvalue weighted by molar-refractivity contribution is 0.248. The maximum absolute atomic E-state index is 4.63. The molecule has 1 aromatic rings. The van der Waals surface area contributed by atoms with Gasteiger partial charge in [0.2, 0.25) is 0 Å². The number of nitrogens with one attached hydrogen (secondary N) is 1. The van der Waals surface area contributed by atoms with E-state index in [4.69, 9.17) is 0 Å². The van der Waals surface area contributed by atoms with Crippen molar-refractivity contribution >= 4 is 5.82 Å². The van der Waals surface area contributed by atoms with Gasteiger partial charge in [0.25, 0.3) is 0 Å². The number of hydrogen-bond acceptors (Lipinski definition) is 4. The molecule has 4 heteroatoms. The van der Waals surface area contributed by atoms with Crippen LogP contribution in [0.3, 0.4) is 0 Å². The van der Waals surface area contributed by atoms with Gasteiger partial charge in [0.15, 0.2) is 0 Å². The van der Waals surface area contributed by atoms with Crippen LogP contribution in [0.4, 0.5) is 5.82 Å². The van der Waals surface area contributed by atoms with Crippen molar-refractivity contribution in [3.63, 3.8) is 0 Å². The van der Waals surface area contributed by atoms with E-state index >= 15 is 0 Å². The topological polar surface area (TPSA) is 41.1 Å². The van der Waals surface area contributed by atoms with Gasteiger partial charge in [-0.15, -0.1) is 0 Å². The maximum Gasteiger partial charge on any atom is 0.144 e. The smallest absolute Gasteiger partial charge is 0.144 e. The van der Waals surface area contributed by atoms with E-state index in [2.05, 4.69) is 27.2 Å². The highest BCUT2D eigenvalue weighted by Gasteiger charge is 2.20. The summed E-state index contributed by atoms with van der Waals surface area (Å²) in [7, 11) is 2.19. The summed E-state index contributed by atoms with van der Waals surface area (Å²) in [6.07, 6.45) is 11.6. The van der Waals surface area contributed by atoms with Gasteiger partial charge in [0, 0.05) is 18.5 Å². The number of hydrogen-bond donors (Lipinski definition) is 1. The molecule has 0 radical (unpaired) electrons. The van der Waals surface area contributed by atoms with Crippen molar-refractivity contribution in [3.8, 4) is 0 Å². The lowest BCUT2D eigenvalue weighted by atomic mass is 9.95. The van der Waals surface area contributed by atoms with Gasteiger partial charge in [-0.05, 0) is 39.3 Å². The van der Waals surface area contributed by atoms with E-state index in [9.17, 15) is 0 Å². The van der Waals surface area contributed by atoms with Crippen molar-refractivity contribution in [1.29, 1.82) is 0 Å². The highest BCUT2D eigenvalue weighted by atomic mass is 15.1. The summed E-state index contributed by atoms with van der Waals surface area (Å²) in [5.41, 5.74) is 1.16. The average molecular weight is 260 g/mol. The van der Waals surface area contributed by atoms with Crippen LogP contribution in [0.25, 0.3) is 0 Å². The van der Waals surface area contributed by atoms with E-state index in [1.807, 2.05) is 12.4 Å². The number of rotatable bonds is 3. The highest BCUT2D eigenvalue weighted by molar-refractivity contribution is 5.33. The van der Waals surface area contributed by atoms with Crippen LogP contribution in [-0.4, -0.2) is 41.0 Å². The number of likely N-dealkylation sites (tertiary alicyclic amines) is 1. The zero-order valence-corrected chi connectivity index (χ0v) is 11.8. The zero-order chi connectivity index (χ0) is 13.1. The molecule has 0 spiro atoms. The summed E-state index contributed by atoms with van der Waals surface area (Å²) < 4.78 is 0. The molecule has 1 saturated carbocycles. The van der Waals surface area contributed by atoms with E-state index in [0.29, 0.717) is 12.0 Å². The van der Waals surface area contributed by atoms with Gasteiger partial charge in [-0.1, -0.05) is 12.8 Å². The molecular weight excluding hydrogens is 236 g/mol. The Morgan fingerprint density at radius 1 is 1.11 bits per heavy atom. The molecule has 0 bridgehead atoms. The molecule has 0 amide bonds. The largest absolute Gasteiger partial charge is 0.366 e. The lowest BCUT2D eigenvalue weighted by Crippen LogP contribution is -2.31. The first-order valence-corrected chi connectivity index (χ1v) is 7.58. The van der Waals surface area contributed by atoms with Crippen molar-refractivity contribution in [3.05, 3.63) is 18.1 Å². The number of piperidine rings is 1. The molecule has 2 fully saturated rings. The molecule has 1 N–H and O–H groups in total. The second-order valence-electron chi connectivity index (χ2n) is 6.05. The Morgan fingerprint density at radius 2 is 1.95 bits per heavy atom. The Hall–Kier alpha value is -1.16. The van der Waals surface area contributed by atoms with E-state index in [-0.39, 0.29) is 0 Å². The Bertz CT molecular complexity index is 397. The van der Waals surface area contributed by atoms with E-state index in [1.54, 1.807) is 0 Å². The minimum absolute atomic E-state index is 0.562. The summed E-state index contributed by atoms with van der Waals surface area (Å²) >= 11 is 0. The summed E-state index contributed by atoms with van der Waals surface area (Å²) in [5.74, 6) is 1.51. The second-order valence-corrected chi connectivity index (χ2v) is 6.05. The molecule has 2 heterocycles. The van der Waals surface area contributed by atoms with Crippen LogP contribution in [-0.2, 0) is 0 Å². The van der Waals surface area contributed by atoms with Crippen LogP contribution < -0.4 is 5.32 Å². The fraction of sp³-hybridized carbons (Fsp3) is 0.733. The Morgan fingerprint density at radius 3 is 2.63 bits per heavy atom. The molecule has 104 valence electrons. The van der Waals surface area contributed by atoms with Gasteiger partial charge < -0.3 is 10.2 Å². The summed E-state index contributed by atoms with van der Waals surface area (Å²) in [5, 5.41) is 3.50. The lowest BCUT2D eigenvalue weighted by Gasteiger charge is -2.29. The third kappa shape index (κ3) is 3.24. The van der Waals surface area contributed by atoms with Crippen LogP contribution >= 0.6 is 0 Å². The van der Waals surface area contributed by atoms with Crippen LogP contribution in [0.5, 0.6) is 0 Å². The molecule has 1 saturated heterocycles. The van der Waals surface area contributed by atoms with Gasteiger partial charge in [-0.2, -0.15) is 0 Å². The Kier molecular flexibility index (Phi) is 3.97. The molecule has 0 aromatic carbocycles. The number of likely N-dealkylation sites (N-methyl/N-ethyl adjacent to an activating group) is 1. The Labute approximate surface area is 115 Å². The van der Waals surface area contributed by atoms with Gasteiger partial charge in [0.05, 0.1) is 18.1 Å². The summed E-state index contributed by atoms with van der Waals surface area (Å²) in [6.45, 7) is 2.33. The summed E-state index contributed by atoms with van der Waals surface area (Å²) in [6, 6.07) is 0.612. The van der Waals surface area contributed by atoms with Crippen molar-refractivity contribution in [2.24, 2.45) is 0 Å². The van der Waals surface area contributed by atoms with Crippen molar-refractivity contribution in [2.75, 3.05) is 25.5 Å². The van der Waals surface area contributed by atoms with Crippen molar-refractivity contribution in [2.45, 2.75) is 50.5 Å². The monoisotopic (exact) mass is 260 g/mol. The quantitative estimate of drug-likeness (QED) is 0.907. The molecule has 2 aliphatic rings. The highest BCUT2D eigenvalue weighted by Crippen LogP contribution is 2.25. The second kappa shape index (κ2) is 5.87. The van der Waals surface area contributed by atoms with Gasteiger partial charge >= 0.3 is 0 Å². The van der Waals surface area contributed by atoms with Crippen LogP contribution in [0.2, 0.25) is 0 Å². The third-order valence-electron chi connectivity index (χ3n) is 4.42. The van der Waals surface area contributed by atoms with Gasteiger partial charge in [-0.25, -0.2) is 4.98 Å². The predicted octanol–water partition coefficient (Wildman–Crippen LogP) is 2.64. The maximum atomic E-state index is 4.63. The van der Waals surface area contributed by atoms with Crippen LogP contribution in [0.15, 0.2) is 12.4 Å². The molecule has 19 heavy (non-hydrogen) atoms. The molecule has 1 aliphatic carbocycles. The molecule has 1 atom stereocenters. The number of nitrogens with zero attached hydrogens (tertiary/aromatic N) is 3. The molecular formula is C15H24N4. The molecule has 1 unspecified atom stereocenters.